The number of rotatable bonds is 4. The molecule has 0 spiro atoms. The summed E-state index contributed by atoms with van der Waals surface area (Å²) in [4.78, 5) is 11.8. The quantitative estimate of drug-likeness (QED) is 0.905. The van der Waals surface area contributed by atoms with E-state index in [-0.39, 0.29) is 11.1 Å². The van der Waals surface area contributed by atoms with Crippen molar-refractivity contribution in [2.45, 2.75) is 51.3 Å². The van der Waals surface area contributed by atoms with Crippen molar-refractivity contribution < 1.29 is 9.53 Å². The fourth-order valence-corrected chi connectivity index (χ4v) is 2.95. The lowest BCUT2D eigenvalue weighted by Gasteiger charge is -2.43. The number of hydrogen-bond donors (Lipinski definition) is 1. The summed E-state index contributed by atoms with van der Waals surface area (Å²) in [6, 6.07) is 10.1. The van der Waals surface area contributed by atoms with Gasteiger partial charge in [-0.15, -0.1) is 0 Å². The summed E-state index contributed by atoms with van der Waals surface area (Å²) in [7, 11) is 0. The van der Waals surface area contributed by atoms with Crippen LogP contribution in [-0.2, 0) is 16.1 Å². The van der Waals surface area contributed by atoms with Crippen molar-refractivity contribution >= 4 is 5.78 Å². The van der Waals surface area contributed by atoms with Crippen molar-refractivity contribution in [3.63, 3.8) is 0 Å². The van der Waals surface area contributed by atoms with Crippen LogP contribution < -0.4 is 5.32 Å². The van der Waals surface area contributed by atoms with E-state index in [0.29, 0.717) is 31.8 Å². The minimum Gasteiger partial charge on any atom is -0.375 e. The van der Waals surface area contributed by atoms with E-state index in [1.54, 1.807) is 0 Å². The molecule has 0 bridgehead atoms. The molecule has 19 heavy (non-hydrogen) atoms. The number of nitrogens with one attached hydrogen (secondary N) is 1. The smallest absolute Gasteiger partial charge is 0.136 e. The highest BCUT2D eigenvalue weighted by molar-refractivity contribution is 5.81. The standard InChI is InChI=1S/C16H23NO2/c1-15(2)9-14(18)10-16(3,17-15)12-19-11-13-7-5-4-6-8-13/h4-8,17H,9-12H2,1-3H3. The number of hydrogen-bond acceptors (Lipinski definition) is 3. The predicted molar refractivity (Wildman–Crippen MR) is 76.0 cm³/mol. The first-order chi connectivity index (χ1) is 8.89. The average Bonchev–Trinajstić information content (AvgIpc) is 2.26. The van der Waals surface area contributed by atoms with Crippen molar-refractivity contribution in [3.8, 4) is 0 Å². The third-order valence-corrected chi connectivity index (χ3v) is 3.40. The summed E-state index contributed by atoms with van der Waals surface area (Å²) in [5.41, 5.74) is 0.765. The van der Waals surface area contributed by atoms with E-state index in [4.69, 9.17) is 4.74 Å². The Labute approximate surface area is 115 Å². The zero-order valence-electron chi connectivity index (χ0n) is 12.0. The van der Waals surface area contributed by atoms with Crippen LogP contribution in [0.3, 0.4) is 0 Å². The van der Waals surface area contributed by atoms with Crippen LogP contribution in [0.15, 0.2) is 30.3 Å². The van der Waals surface area contributed by atoms with Crippen LogP contribution in [0.1, 0.15) is 39.2 Å². The van der Waals surface area contributed by atoms with Crippen molar-refractivity contribution in [2.75, 3.05) is 6.61 Å². The number of carbonyl (C=O) groups excluding carboxylic acids is 1. The fourth-order valence-electron chi connectivity index (χ4n) is 2.95. The summed E-state index contributed by atoms with van der Waals surface area (Å²) >= 11 is 0. The van der Waals surface area contributed by atoms with Crippen LogP contribution in [0.25, 0.3) is 0 Å². The average molecular weight is 261 g/mol. The van der Waals surface area contributed by atoms with Crippen molar-refractivity contribution in [3.05, 3.63) is 35.9 Å². The van der Waals surface area contributed by atoms with Gasteiger partial charge in [0, 0.05) is 23.9 Å². The molecule has 0 aliphatic carbocycles. The molecule has 1 unspecified atom stereocenters. The largest absolute Gasteiger partial charge is 0.375 e. The molecule has 2 rings (SSSR count). The molecule has 0 amide bonds. The van der Waals surface area contributed by atoms with Crippen LogP contribution in [0.5, 0.6) is 0 Å². The van der Waals surface area contributed by atoms with Gasteiger partial charge in [-0.25, -0.2) is 0 Å². The van der Waals surface area contributed by atoms with Gasteiger partial charge >= 0.3 is 0 Å². The van der Waals surface area contributed by atoms with Gasteiger partial charge in [-0.1, -0.05) is 30.3 Å². The second-order valence-electron chi connectivity index (χ2n) is 6.44. The van der Waals surface area contributed by atoms with Gasteiger partial charge in [-0.2, -0.15) is 0 Å². The molecule has 104 valence electrons. The zero-order chi connectivity index (χ0) is 13.9. The van der Waals surface area contributed by atoms with E-state index in [2.05, 4.69) is 26.1 Å². The molecular formula is C16H23NO2. The number of ether oxygens (including phenoxy) is 1. The lowest BCUT2D eigenvalue weighted by molar-refractivity contribution is -0.126. The number of Topliss-reactive ketones (excluding diaryl/α,β-unsaturated/α-hetero) is 1. The number of ketones is 1. The summed E-state index contributed by atoms with van der Waals surface area (Å²) < 4.78 is 5.79. The molecule has 1 N–H and O–H groups in total. The lowest BCUT2D eigenvalue weighted by atomic mass is 9.81. The number of piperidine rings is 1. The first kappa shape index (κ1) is 14.2. The van der Waals surface area contributed by atoms with Crippen LogP contribution in [0.2, 0.25) is 0 Å². The molecule has 1 fully saturated rings. The second-order valence-corrected chi connectivity index (χ2v) is 6.44. The summed E-state index contributed by atoms with van der Waals surface area (Å²) in [6.45, 7) is 7.35. The van der Waals surface area contributed by atoms with Crippen LogP contribution in [0, 0.1) is 0 Å². The maximum Gasteiger partial charge on any atom is 0.136 e. The van der Waals surface area contributed by atoms with Crippen LogP contribution in [0.4, 0.5) is 0 Å². The first-order valence-corrected chi connectivity index (χ1v) is 6.81. The first-order valence-electron chi connectivity index (χ1n) is 6.81. The van der Waals surface area contributed by atoms with E-state index in [1.807, 2.05) is 30.3 Å². The molecule has 0 saturated carbocycles. The van der Waals surface area contributed by atoms with Crippen LogP contribution in [-0.4, -0.2) is 23.5 Å². The highest BCUT2D eigenvalue weighted by Gasteiger charge is 2.39. The van der Waals surface area contributed by atoms with Crippen molar-refractivity contribution in [1.29, 1.82) is 0 Å². The van der Waals surface area contributed by atoms with Gasteiger partial charge in [0.05, 0.1) is 13.2 Å². The topological polar surface area (TPSA) is 38.3 Å². The predicted octanol–water partition coefficient (Wildman–Crippen LogP) is 2.69. The lowest BCUT2D eigenvalue weighted by Crippen LogP contribution is -2.61. The third-order valence-electron chi connectivity index (χ3n) is 3.40. The number of benzene rings is 1. The van der Waals surface area contributed by atoms with Gasteiger partial charge in [-0.05, 0) is 26.3 Å². The molecule has 0 aromatic heterocycles. The normalized spacial score (nSPS) is 26.4. The van der Waals surface area contributed by atoms with Gasteiger partial charge in [0.1, 0.15) is 5.78 Å². The molecule has 1 aromatic rings. The molecule has 1 aliphatic rings. The molecule has 1 atom stereocenters. The van der Waals surface area contributed by atoms with Gasteiger partial charge < -0.3 is 10.1 Å². The molecule has 1 aromatic carbocycles. The Bertz CT molecular complexity index is 441. The van der Waals surface area contributed by atoms with E-state index < -0.39 is 0 Å². The number of carbonyl (C=O) groups is 1. The van der Waals surface area contributed by atoms with Gasteiger partial charge in [0.15, 0.2) is 0 Å². The molecular weight excluding hydrogens is 238 g/mol. The Hall–Kier alpha value is -1.19. The van der Waals surface area contributed by atoms with Gasteiger partial charge in [0.25, 0.3) is 0 Å². The van der Waals surface area contributed by atoms with Crippen LogP contribution >= 0.6 is 0 Å². The Morgan fingerprint density at radius 3 is 2.47 bits per heavy atom. The fraction of sp³-hybridized carbons (Fsp3) is 0.562. The summed E-state index contributed by atoms with van der Waals surface area (Å²) in [6.07, 6.45) is 1.15. The SMILES string of the molecule is CC1(C)CC(=O)CC(C)(COCc2ccccc2)N1. The minimum atomic E-state index is -0.256. The molecule has 0 radical (unpaired) electrons. The summed E-state index contributed by atoms with van der Waals surface area (Å²) in [5.74, 6) is 0.314. The molecule has 3 nitrogen and oxygen atoms in total. The molecule has 1 saturated heterocycles. The second kappa shape index (κ2) is 5.43. The third kappa shape index (κ3) is 4.15. The maximum absolute atomic E-state index is 11.8. The molecule has 3 heteroatoms. The Kier molecular flexibility index (Phi) is 4.07. The Morgan fingerprint density at radius 2 is 1.84 bits per heavy atom. The Balaban J connectivity index is 1.89. The zero-order valence-corrected chi connectivity index (χ0v) is 12.0. The van der Waals surface area contributed by atoms with E-state index >= 15 is 0 Å². The van der Waals surface area contributed by atoms with Crippen molar-refractivity contribution in [2.24, 2.45) is 0 Å². The van der Waals surface area contributed by atoms with E-state index in [9.17, 15) is 4.79 Å². The van der Waals surface area contributed by atoms with Gasteiger partial charge in [-0.3, -0.25) is 4.79 Å². The maximum atomic E-state index is 11.8. The highest BCUT2D eigenvalue weighted by Crippen LogP contribution is 2.26. The molecule has 1 heterocycles. The Morgan fingerprint density at radius 1 is 1.16 bits per heavy atom. The monoisotopic (exact) mass is 261 g/mol. The van der Waals surface area contributed by atoms with Crippen molar-refractivity contribution in [1.82, 2.24) is 5.32 Å². The van der Waals surface area contributed by atoms with E-state index in [0.717, 1.165) is 5.56 Å². The van der Waals surface area contributed by atoms with Gasteiger partial charge in [0.2, 0.25) is 0 Å². The highest BCUT2D eigenvalue weighted by atomic mass is 16.5. The van der Waals surface area contributed by atoms with E-state index in [1.165, 1.54) is 0 Å². The minimum absolute atomic E-state index is 0.139. The summed E-state index contributed by atoms with van der Waals surface area (Å²) in [5, 5.41) is 3.54. The molecule has 1 aliphatic heterocycles.